The number of phenols is 1. The van der Waals surface area contributed by atoms with E-state index in [4.69, 9.17) is 9.15 Å². The summed E-state index contributed by atoms with van der Waals surface area (Å²) in [4.78, 5) is 27.8. The molecule has 7 nitrogen and oxygen atoms in total. The minimum absolute atomic E-state index is 0.000943. The summed E-state index contributed by atoms with van der Waals surface area (Å²) < 4.78 is 10.1. The predicted octanol–water partition coefficient (Wildman–Crippen LogP) is 1.35. The van der Waals surface area contributed by atoms with Crippen LogP contribution in [-0.4, -0.2) is 60.7 Å². The lowest BCUT2D eigenvalue weighted by molar-refractivity contribution is -0.136. The Balaban J connectivity index is 1.79. The van der Waals surface area contributed by atoms with E-state index in [9.17, 15) is 14.7 Å². The van der Waals surface area contributed by atoms with Gasteiger partial charge in [0.05, 0.1) is 0 Å². The van der Waals surface area contributed by atoms with Crippen LogP contribution in [0.1, 0.15) is 18.1 Å². The summed E-state index contributed by atoms with van der Waals surface area (Å²) in [6.45, 7) is 5.42. The van der Waals surface area contributed by atoms with Gasteiger partial charge in [0.25, 0.3) is 0 Å². The van der Waals surface area contributed by atoms with E-state index in [1.165, 1.54) is 19.2 Å². The number of carbonyl (C=O) groups excluding carboxylic acids is 1. The van der Waals surface area contributed by atoms with Crippen molar-refractivity contribution < 1.29 is 19.1 Å². The van der Waals surface area contributed by atoms with Gasteiger partial charge in [-0.05, 0) is 23.6 Å². The fourth-order valence-corrected chi connectivity index (χ4v) is 3.33. The Kier molecular flexibility index (Phi) is 5.58. The van der Waals surface area contributed by atoms with E-state index in [-0.39, 0.29) is 18.3 Å². The maximum atomic E-state index is 11.9. The SMILES string of the molecule is CCc1cc2c(CN3CCN(C(=O)COC)CC3)cc(=O)oc2cc1O. The molecule has 0 saturated carbocycles. The molecule has 1 aromatic heterocycles. The summed E-state index contributed by atoms with van der Waals surface area (Å²) in [7, 11) is 1.52. The number of hydrogen-bond acceptors (Lipinski definition) is 6. The second kappa shape index (κ2) is 7.88. The molecule has 0 spiro atoms. The Labute approximate surface area is 151 Å². The quantitative estimate of drug-likeness (QED) is 0.811. The second-order valence-electron chi connectivity index (χ2n) is 6.51. The first-order chi connectivity index (χ1) is 12.5. The molecule has 1 amide bonds. The van der Waals surface area contributed by atoms with Crippen molar-refractivity contribution in [2.24, 2.45) is 0 Å². The predicted molar refractivity (Wildman–Crippen MR) is 97.3 cm³/mol. The Morgan fingerprint density at radius 1 is 1.19 bits per heavy atom. The third-order valence-corrected chi connectivity index (χ3v) is 4.80. The molecule has 1 N–H and O–H groups in total. The first-order valence-corrected chi connectivity index (χ1v) is 8.79. The largest absolute Gasteiger partial charge is 0.508 e. The van der Waals surface area contributed by atoms with Crippen molar-refractivity contribution in [1.29, 1.82) is 0 Å². The number of carbonyl (C=O) groups is 1. The van der Waals surface area contributed by atoms with Crippen molar-refractivity contribution in [2.45, 2.75) is 19.9 Å². The molecule has 0 unspecified atom stereocenters. The molecular formula is C19H24N2O5. The molecular weight excluding hydrogens is 336 g/mol. The van der Waals surface area contributed by atoms with Crippen LogP contribution in [0.5, 0.6) is 5.75 Å². The number of rotatable bonds is 5. The molecule has 3 rings (SSSR count). The zero-order valence-corrected chi connectivity index (χ0v) is 15.2. The third-order valence-electron chi connectivity index (χ3n) is 4.80. The molecule has 7 heteroatoms. The van der Waals surface area contributed by atoms with Crippen LogP contribution in [0.15, 0.2) is 27.4 Å². The molecule has 0 atom stereocenters. The average molecular weight is 360 g/mol. The van der Waals surface area contributed by atoms with Gasteiger partial charge in [-0.3, -0.25) is 9.69 Å². The maximum Gasteiger partial charge on any atom is 0.336 e. The van der Waals surface area contributed by atoms with Gasteiger partial charge < -0.3 is 19.2 Å². The van der Waals surface area contributed by atoms with Crippen molar-refractivity contribution in [2.75, 3.05) is 39.9 Å². The highest BCUT2D eigenvalue weighted by Gasteiger charge is 2.22. The first-order valence-electron chi connectivity index (χ1n) is 8.79. The van der Waals surface area contributed by atoms with Crippen LogP contribution < -0.4 is 5.63 Å². The molecule has 1 aliphatic heterocycles. The van der Waals surface area contributed by atoms with E-state index in [2.05, 4.69) is 4.90 Å². The number of benzene rings is 1. The molecule has 0 aliphatic carbocycles. The number of nitrogens with zero attached hydrogens (tertiary/aromatic N) is 2. The molecule has 1 saturated heterocycles. The minimum Gasteiger partial charge on any atom is -0.508 e. The van der Waals surface area contributed by atoms with Gasteiger partial charge in [0, 0.05) is 57.4 Å². The van der Waals surface area contributed by atoms with Gasteiger partial charge in [-0.15, -0.1) is 0 Å². The number of methoxy groups -OCH3 is 1. The van der Waals surface area contributed by atoms with Crippen molar-refractivity contribution in [1.82, 2.24) is 9.80 Å². The normalized spacial score (nSPS) is 15.5. The molecule has 0 bridgehead atoms. The number of amides is 1. The number of fused-ring (bicyclic) bond motifs is 1. The fraction of sp³-hybridized carbons (Fsp3) is 0.474. The van der Waals surface area contributed by atoms with Crippen LogP contribution in [0.2, 0.25) is 0 Å². The lowest BCUT2D eigenvalue weighted by Gasteiger charge is -2.34. The van der Waals surface area contributed by atoms with Gasteiger partial charge in [0.1, 0.15) is 17.9 Å². The Morgan fingerprint density at radius 3 is 2.58 bits per heavy atom. The Bertz CT molecular complexity index is 853. The van der Waals surface area contributed by atoms with E-state index in [1.54, 1.807) is 4.90 Å². The molecule has 1 aromatic carbocycles. The summed E-state index contributed by atoms with van der Waals surface area (Å²) in [6.07, 6.45) is 0.695. The van der Waals surface area contributed by atoms with Crippen molar-refractivity contribution in [3.05, 3.63) is 39.7 Å². The lowest BCUT2D eigenvalue weighted by Crippen LogP contribution is -2.49. The smallest absolute Gasteiger partial charge is 0.336 e. The monoisotopic (exact) mass is 360 g/mol. The minimum atomic E-state index is -0.426. The van der Waals surface area contributed by atoms with Crippen molar-refractivity contribution in [3.63, 3.8) is 0 Å². The third kappa shape index (κ3) is 3.89. The molecule has 2 aromatic rings. The van der Waals surface area contributed by atoms with Crippen LogP contribution in [0.3, 0.4) is 0 Å². The number of phenolic OH excluding ortho intramolecular Hbond substituents is 1. The lowest BCUT2D eigenvalue weighted by atomic mass is 10.0. The molecule has 26 heavy (non-hydrogen) atoms. The summed E-state index contributed by atoms with van der Waals surface area (Å²) in [5.41, 5.74) is 1.67. The van der Waals surface area contributed by atoms with Crippen molar-refractivity contribution in [3.8, 4) is 5.75 Å². The average Bonchev–Trinajstić information content (AvgIpc) is 2.62. The van der Waals surface area contributed by atoms with E-state index < -0.39 is 5.63 Å². The van der Waals surface area contributed by atoms with Crippen molar-refractivity contribution >= 4 is 16.9 Å². The standard InChI is InChI=1S/C19H24N2O5/c1-3-13-8-15-14(9-19(24)26-17(15)10-16(13)22)11-20-4-6-21(7-5-20)18(23)12-25-2/h8-10,22H,3-7,11-12H2,1-2H3. The maximum absolute atomic E-state index is 11.9. The van der Waals surface area contributed by atoms with Gasteiger partial charge in [-0.25, -0.2) is 4.79 Å². The van der Waals surface area contributed by atoms with Crippen LogP contribution in [0, 0.1) is 0 Å². The van der Waals surface area contributed by atoms with Gasteiger partial charge in [0.15, 0.2) is 0 Å². The highest BCUT2D eigenvalue weighted by molar-refractivity contribution is 5.82. The Morgan fingerprint density at radius 2 is 1.92 bits per heavy atom. The number of ether oxygens (including phenoxy) is 1. The van der Waals surface area contributed by atoms with Crippen LogP contribution in [0.4, 0.5) is 0 Å². The van der Waals surface area contributed by atoms with Gasteiger partial charge in [0.2, 0.25) is 5.91 Å². The molecule has 1 fully saturated rings. The van der Waals surface area contributed by atoms with Crippen LogP contribution >= 0.6 is 0 Å². The number of hydrogen-bond donors (Lipinski definition) is 1. The van der Waals surface area contributed by atoms with E-state index in [1.807, 2.05) is 13.0 Å². The van der Waals surface area contributed by atoms with Crippen LogP contribution in [0.25, 0.3) is 11.0 Å². The van der Waals surface area contributed by atoms with Gasteiger partial charge >= 0.3 is 5.63 Å². The molecule has 140 valence electrons. The fourth-order valence-electron chi connectivity index (χ4n) is 3.33. The highest BCUT2D eigenvalue weighted by atomic mass is 16.5. The summed E-state index contributed by atoms with van der Waals surface area (Å²) in [5.74, 6) is 0.145. The molecule has 2 heterocycles. The second-order valence-corrected chi connectivity index (χ2v) is 6.51. The zero-order chi connectivity index (χ0) is 18.7. The van der Waals surface area contributed by atoms with E-state index in [0.717, 1.165) is 29.6 Å². The summed E-state index contributed by atoms with van der Waals surface area (Å²) in [6, 6.07) is 4.92. The van der Waals surface area contributed by atoms with E-state index >= 15 is 0 Å². The Hall–Kier alpha value is -2.38. The number of aryl methyl sites for hydroxylation is 1. The molecule has 0 radical (unpaired) electrons. The first kappa shape index (κ1) is 18.4. The van der Waals surface area contributed by atoms with E-state index in [0.29, 0.717) is 31.6 Å². The van der Waals surface area contributed by atoms with Gasteiger partial charge in [-0.2, -0.15) is 0 Å². The summed E-state index contributed by atoms with van der Waals surface area (Å²) >= 11 is 0. The highest BCUT2D eigenvalue weighted by Crippen LogP contribution is 2.27. The number of aromatic hydroxyl groups is 1. The summed E-state index contributed by atoms with van der Waals surface area (Å²) in [5, 5.41) is 10.9. The molecule has 1 aliphatic rings. The number of piperazine rings is 1. The van der Waals surface area contributed by atoms with Crippen LogP contribution in [-0.2, 0) is 22.5 Å². The topological polar surface area (TPSA) is 83.2 Å². The van der Waals surface area contributed by atoms with Gasteiger partial charge in [-0.1, -0.05) is 6.92 Å². The zero-order valence-electron chi connectivity index (χ0n) is 15.2.